The van der Waals surface area contributed by atoms with E-state index < -0.39 is 0 Å². The predicted octanol–water partition coefficient (Wildman–Crippen LogP) is 4.91. The van der Waals surface area contributed by atoms with Crippen LogP contribution < -0.4 is 0 Å². The van der Waals surface area contributed by atoms with Crippen LogP contribution in [0.2, 0.25) is 0 Å². The number of carbonyl (C=O) groups is 1. The summed E-state index contributed by atoms with van der Waals surface area (Å²) in [5, 5.41) is 0. The molecule has 0 amide bonds. The molecule has 2 aromatic carbocycles. The summed E-state index contributed by atoms with van der Waals surface area (Å²) < 4.78 is 6.50. The van der Waals surface area contributed by atoms with Gasteiger partial charge in [0, 0.05) is 4.47 Å². The normalized spacial score (nSPS) is 15.3. The number of carbonyl (C=O) groups excluding carboxylic acids is 1. The van der Waals surface area contributed by atoms with Gasteiger partial charge in [0.15, 0.2) is 0 Å². The van der Waals surface area contributed by atoms with E-state index in [9.17, 15) is 4.79 Å². The fourth-order valence-corrected chi connectivity index (χ4v) is 2.99. The average Bonchev–Trinajstić information content (AvgIpc) is 3.28. The van der Waals surface area contributed by atoms with Gasteiger partial charge in [0.2, 0.25) is 0 Å². The topological polar surface area (TPSA) is 26.3 Å². The molecule has 0 aliphatic heterocycles. The summed E-state index contributed by atoms with van der Waals surface area (Å²) in [5.41, 5.74) is 2.45. The van der Waals surface area contributed by atoms with E-state index in [1.54, 1.807) is 0 Å². The van der Waals surface area contributed by atoms with Gasteiger partial charge in [0.05, 0.1) is 6.42 Å². The second-order valence-electron chi connectivity index (χ2n) is 6.13. The second kappa shape index (κ2) is 6.66. The lowest BCUT2D eigenvalue weighted by Gasteiger charge is -2.14. The van der Waals surface area contributed by atoms with Gasteiger partial charge in [0.1, 0.15) is 6.61 Å². The molecule has 2 nitrogen and oxygen atoms in total. The number of hydrogen-bond acceptors (Lipinski definition) is 2. The first-order valence-corrected chi connectivity index (χ1v) is 8.39. The lowest BCUT2D eigenvalue weighted by molar-refractivity contribution is -0.146. The molecule has 3 rings (SSSR count). The molecule has 2 aromatic rings. The van der Waals surface area contributed by atoms with Crippen molar-refractivity contribution in [3.05, 3.63) is 70.2 Å². The van der Waals surface area contributed by atoms with Crippen LogP contribution in [0.5, 0.6) is 0 Å². The SMILES string of the molecule is O=C(CC1(Cc2ccc(Br)cc2)CC1)OCc1ccccc1. The third kappa shape index (κ3) is 4.20. The monoisotopic (exact) mass is 358 g/mol. The predicted molar refractivity (Wildman–Crippen MR) is 90.4 cm³/mol. The average molecular weight is 359 g/mol. The maximum Gasteiger partial charge on any atom is 0.306 e. The Balaban J connectivity index is 1.51. The minimum atomic E-state index is -0.0848. The van der Waals surface area contributed by atoms with E-state index in [1.165, 1.54) is 5.56 Å². The van der Waals surface area contributed by atoms with Crippen LogP contribution in [0.3, 0.4) is 0 Å². The number of benzene rings is 2. The van der Waals surface area contributed by atoms with Crippen molar-refractivity contribution in [2.45, 2.75) is 32.3 Å². The van der Waals surface area contributed by atoms with Gasteiger partial charge in [-0.1, -0.05) is 58.4 Å². The highest BCUT2D eigenvalue weighted by atomic mass is 79.9. The Labute approximate surface area is 139 Å². The molecule has 1 aliphatic rings. The summed E-state index contributed by atoms with van der Waals surface area (Å²) >= 11 is 3.45. The zero-order valence-electron chi connectivity index (χ0n) is 12.4. The van der Waals surface area contributed by atoms with Crippen LogP contribution in [-0.2, 0) is 22.6 Å². The molecule has 0 aromatic heterocycles. The first kappa shape index (κ1) is 15.3. The highest BCUT2D eigenvalue weighted by molar-refractivity contribution is 9.10. The van der Waals surface area contributed by atoms with Crippen molar-refractivity contribution in [2.75, 3.05) is 0 Å². The van der Waals surface area contributed by atoms with Crippen LogP contribution in [0.4, 0.5) is 0 Å². The van der Waals surface area contributed by atoms with Gasteiger partial charge in [-0.2, -0.15) is 0 Å². The Kier molecular flexibility index (Phi) is 4.63. The molecule has 3 heteroatoms. The molecule has 1 saturated carbocycles. The number of hydrogen-bond donors (Lipinski definition) is 0. The lowest BCUT2D eigenvalue weighted by atomic mass is 9.93. The van der Waals surface area contributed by atoms with Gasteiger partial charge in [-0.25, -0.2) is 0 Å². The van der Waals surface area contributed by atoms with E-state index >= 15 is 0 Å². The molecule has 1 aliphatic carbocycles. The first-order chi connectivity index (χ1) is 10.7. The van der Waals surface area contributed by atoms with Gasteiger partial charge in [-0.3, -0.25) is 4.79 Å². The van der Waals surface area contributed by atoms with Gasteiger partial charge >= 0.3 is 5.97 Å². The van der Waals surface area contributed by atoms with Crippen molar-refractivity contribution in [2.24, 2.45) is 5.41 Å². The number of esters is 1. The van der Waals surface area contributed by atoms with Crippen molar-refractivity contribution < 1.29 is 9.53 Å². The third-order valence-electron chi connectivity index (χ3n) is 4.21. The summed E-state index contributed by atoms with van der Waals surface area (Å²) in [6, 6.07) is 18.2. The molecule has 0 heterocycles. The molecule has 0 atom stereocenters. The maximum absolute atomic E-state index is 12.1. The van der Waals surface area contributed by atoms with Gasteiger partial charge in [0.25, 0.3) is 0 Å². The summed E-state index contributed by atoms with van der Waals surface area (Å²) in [6.45, 7) is 0.369. The molecule has 0 N–H and O–H groups in total. The van der Waals surface area contributed by atoms with Crippen molar-refractivity contribution in [1.82, 2.24) is 0 Å². The molecule has 114 valence electrons. The molecular weight excluding hydrogens is 340 g/mol. The van der Waals surface area contributed by atoms with Crippen LogP contribution in [0.25, 0.3) is 0 Å². The van der Waals surface area contributed by atoms with E-state index in [0.29, 0.717) is 13.0 Å². The van der Waals surface area contributed by atoms with E-state index in [0.717, 1.165) is 29.3 Å². The molecule has 0 unspecified atom stereocenters. The number of halogens is 1. The Morgan fingerprint density at radius 1 is 1.00 bits per heavy atom. The van der Waals surface area contributed by atoms with Gasteiger partial charge in [-0.15, -0.1) is 0 Å². The van der Waals surface area contributed by atoms with Crippen molar-refractivity contribution in [1.29, 1.82) is 0 Å². The van der Waals surface area contributed by atoms with Crippen molar-refractivity contribution in [3.63, 3.8) is 0 Å². The first-order valence-electron chi connectivity index (χ1n) is 7.59. The standard InChI is InChI=1S/C19H19BrO2/c20-17-8-6-15(7-9-17)12-19(10-11-19)13-18(21)22-14-16-4-2-1-3-5-16/h1-9H,10-14H2. The molecule has 0 spiro atoms. The largest absolute Gasteiger partial charge is 0.461 e. The summed E-state index contributed by atoms with van der Waals surface area (Å²) in [6.07, 6.45) is 3.71. The molecule has 0 radical (unpaired) electrons. The maximum atomic E-state index is 12.1. The van der Waals surface area contributed by atoms with E-state index in [2.05, 4.69) is 40.2 Å². The molecular formula is C19H19BrO2. The zero-order chi connectivity index (χ0) is 15.4. The Morgan fingerprint density at radius 3 is 2.32 bits per heavy atom. The van der Waals surface area contributed by atoms with Gasteiger partial charge in [-0.05, 0) is 47.9 Å². The van der Waals surface area contributed by atoms with Crippen LogP contribution in [0, 0.1) is 5.41 Å². The number of rotatable bonds is 6. The lowest BCUT2D eigenvalue weighted by Crippen LogP contribution is -2.14. The summed E-state index contributed by atoms with van der Waals surface area (Å²) in [4.78, 5) is 12.1. The summed E-state index contributed by atoms with van der Waals surface area (Å²) in [5.74, 6) is -0.0848. The quantitative estimate of drug-likeness (QED) is 0.686. The van der Waals surface area contributed by atoms with Crippen molar-refractivity contribution in [3.8, 4) is 0 Å². The van der Waals surface area contributed by atoms with Crippen LogP contribution >= 0.6 is 15.9 Å². The Bertz CT molecular complexity index is 630. The highest BCUT2D eigenvalue weighted by Crippen LogP contribution is 2.51. The Hall–Kier alpha value is -1.61. The minimum Gasteiger partial charge on any atom is -0.461 e. The number of ether oxygens (including phenoxy) is 1. The minimum absolute atomic E-state index is 0.0848. The molecule has 0 bridgehead atoms. The second-order valence-corrected chi connectivity index (χ2v) is 7.04. The summed E-state index contributed by atoms with van der Waals surface area (Å²) in [7, 11) is 0. The van der Waals surface area contributed by atoms with Crippen LogP contribution in [-0.4, -0.2) is 5.97 Å². The van der Waals surface area contributed by atoms with Crippen LogP contribution in [0.15, 0.2) is 59.1 Å². The Morgan fingerprint density at radius 2 is 1.68 bits per heavy atom. The van der Waals surface area contributed by atoms with E-state index in [1.807, 2.05) is 30.3 Å². The fraction of sp³-hybridized carbons (Fsp3) is 0.316. The zero-order valence-corrected chi connectivity index (χ0v) is 14.0. The highest BCUT2D eigenvalue weighted by Gasteiger charge is 2.44. The van der Waals surface area contributed by atoms with Crippen molar-refractivity contribution >= 4 is 21.9 Å². The van der Waals surface area contributed by atoms with E-state index in [-0.39, 0.29) is 11.4 Å². The molecule has 0 saturated heterocycles. The van der Waals surface area contributed by atoms with E-state index in [4.69, 9.17) is 4.74 Å². The molecule has 1 fully saturated rings. The van der Waals surface area contributed by atoms with Crippen LogP contribution in [0.1, 0.15) is 30.4 Å². The third-order valence-corrected chi connectivity index (χ3v) is 4.74. The fourth-order valence-electron chi connectivity index (χ4n) is 2.72. The molecule has 22 heavy (non-hydrogen) atoms. The van der Waals surface area contributed by atoms with Gasteiger partial charge < -0.3 is 4.74 Å². The smallest absolute Gasteiger partial charge is 0.306 e.